The molecule has 1 nitrogen and oxygen atoms in total. The Kier molecular flexibility index (Phi) is 3.33. The molecule has 0 aliphatic carbocycles. The molecule has 1 heteroatoms. The summed E-state index contributed by atoms with van der Waals surface area (Å²) in [4.78, 5) is 0. The molecule has 0 radical (unpaired) electrons. The molecule has 0 amide bonds. The van der Waals surface area contributed by atoms with Crippen molar-refractivity contribution in [3.8, 4) is 0 Å². The molecule has 0 spiro atoms. The van der Waals surface area contributed by atoms with Crippen molar-refractivity contribution in [2.45, 2.75) is 6.42 Å². The van der Waals surface area contributed by atoms with Gasteiger partial charge < -0.3 is 5.73 Å². The van der Waals surface area contributed by atoms with E-state index in [0.717, 1.165) is 6.42 Å². The summed E-state index contributed by atoms with van der Waals surface area (Å²) in [5, 5.41) is 0. The summed E-state index contributed by atoms with van der Waals surface area (Å²) in [6.07, 6.45) is 2.38. The van der Waals surface area contributed by atoms with Gasteiger partial charge in [0.15, 0.2) is 6.08 Å². The molecule has 0 rings (SSSR count). The Bertz CT molecular complexity index is 24.8. The van der Waals surface area contributed by atoms with E-state index in [1.165, 1.54) is 0 Å². The normalized spacial score (nSPS) is 7.20. The summed E-state index contributed by atoms with van der Waals surface area (Å²) >= 11 is 0. The number of rotatable bonds is 2. The Morgan fingerprint density at radius 1 is 1.80 bits per heavy atom. The fraction of sp³-hybridized carbons (Fsp3) is 0.500. The maximum atomic E-state index is 5.03. The van der Waals surface area contributed by atoms with Crippen LogP contribution in [0.15, 0.2) is 6.08 Å². The Labute approximate surface area is 32.5 Å². The number of hydrogen-bond donors (Lipinski definition) is 1. The first kappa shape index (κ1) is 4.61. The average Bonchev–Trinajstić information content (AvgIpc) is 1.41. The predicted molar refractivity (Wildman–Crippen MR) is 22.5 cm³/mol. The summed E-state index contributed by atoms with van der Waals surface area (Å²) < 4.78 is 0. The maximum Gasteiger partial charge on any atom is 0.201 e. The molecule has 0 fully saturated rings. The van der Waals surface area contributed by atoms with Gasteiger partial charge in [-0.2, -0.15) is 0 Å². The second kappa shape index (κ2) is 3.61. The third kappa shape index (κ3) is 3.61. The zero-order valence-corrected chi connectivity index (χ0v) is 3.15. The van der Waals surface area contributed by atoms with Crippen molar-refractivity contribution in [3.63, 3.8) is 0 Å². The van der Waals surface area contributed by atoms with E-state index in [4.69, 9.17) is 12.3 Å². The highest BCUT2D eigenvalue weighted by atomic mass is 14.5. The van der Waals surface area contributed by atoms with Gasteiger partial charge in [-0.25, -0.2) is 0 Å². The van der Waals surface area contributed by atoms with Crippen LogP contribution in [0.1, 0.15) is 6.42 Å². The second-order valence-corrected chi connectivity index (χ2v) is 0.813. The Balaban J connectivity index is 2.40. The van der Waals surface area contributed by atoms with E-state index in [9.17, 15) is 0 Å². The zero-order chi connectivity index (χ0) is 4.12. The summed E-state index contributed by atoms with van der Waals surface area (Å²) in [5.41, 5.74) is 5.03. The lowest BCUT2D eigenvalue weighted by Gasteiger charge is -1.68. The first-order valence-electron chi connectivity index (χ1n) is 1.65. The molecule has 0 saturated carbocycles. The highest BCUT2D eigenvalue weighted by Gasteiger charge is 1.69. The number of hydrogen-bond acceptors (Lipinski definition) is 1. The van der Waals surface area contributed by atoms with Crippen LogP contribution in [0.2, 0.25) is 0 Å². The molecule has 0 unspecified atom stereocenters. The molecule has 2 N–H and O–H groups in total. The standard InChI is InChI=1S/C4H8N/c1-2-3-4-5/h1-2H,3-5H2/q+1. The third-order valence-electron chi connectivity index (χ3n) is 0.333. The van der Waals surface area contributed by atoms with Crippen molar-refractivity contribution >= 4 is 0 Å². The van der Waals surface area contributed by atoms with Crippen LogP contribution in [0.4, 0.5) is 0 Å². The van der Waals surface area contributed by atoms with E-state index in [2.05, 4.69) is 0 Å². The minimum Gasteiger partial charge on any atom is -0.330 e. The predicted octanol–water partition coefficient (Wildman–Crippen LogP) is 0.324. The van der Waals surface area contributed by atoms with Gasteiger partial charge in [-0.3, -0.25) is 0 Å². The molecule has 0 aromatic rings. The van der Waals surface area contributed by atoms with Gasteiger partial charge in [-0.05, 0) is 0 Å². The fourth-order valence-corrected chi connectivity index (χ4v) is 0.0962. The average molecular weight is 70.1 g/mol. The van der Waals surface area contributed by atoms with Gasteiger partial charge >= 0.3 is 0 Å². The molecule has 0 saturated heterocycles. The second-order valence-electron chi connectivity index (χ2n) is 0.813. The number of nitrogens with two attached hydrogens (primary N) is 1. The highest BCUT2D eigenvalue weighted by Crippen LogP contribution is 1.66. The van der Waals surface area contributed by atoms with E-state index in [-0.39, 0.29) is 0 Å². The van der Waals surface area contributed by atoms with Crippen molar-refractivity contribution in [2.24, 2.45) is 5.73 Å². The highest BCUT2D eigenvalue weighted by molar-refractivity contribution is 4.60. The van der Waals surface area contributed by atoms with E-state index in [1.54, 1.807) is 6.08 Å². The van der Waals surface area contributed by atoms with Crippen LogP contribution < -0.4 is 5.73 Å². The SMILES string of the molecule is [CH+]=CCCN. The van der Waals surface area contributed by atoms with Gasteiger partial charge in [0, 0.05) is 13.0 Å². The molecule has 0 bridgehead atoms. The maximum absolute atomic E-state index is 5.03. The molecule has 0 aliphatic rings. The van der Waals surface area contributed by atoms with Crippen LogP contribution in [-0.2, 0) is 0 Å². The van der Waals surface area contributed by atoms with Crippen molar-refractivity contribution in [1.29, 1.82) is 0 Å². The largest absolute Gasteiger partial charge is 0.330 e. The van der Waals surface area contributed by atoms with Gasteiger partial charge in [-0.1, -0.05) is 0 Å². The lowest BCUT2D eigenvalue weighted by molar-refractivity contribution is 1.01. The van der Waals surface area contributed by atoms with Crippen molar-refractivity contribution in [3.05, 3.63) is 12.7 Å². The monoisotopic (exact) mass is 70.1 g/mol. The minimum atomic E-state index is 0.663. The van der Waals surface area contributed by atoms with Gasteiger partial charge in [0.05, 0.1) is 0 Å². The molecule has 0 aromatic carbocycles. The lowest BCUT2D eigenvalue weighted by Crippen LogP contribution is -1.94. The smallest absolute Gasteiger partial charge is 0.201 e. The third-order valence-corrected chi connectivity index (χ3v) is 0.333. The van der Waals surface area contributed by atoms with E-state index >= 15 is 0 Å². The van der Waals surface area contributed by atoms with Crippen LogP contribution >= 0.6 is 0 Å². The van der Waals surface area contributed by atoms with Gasteiger partial charge in [-0.15, -0.1) is 0 Å². The van der Waals surface area contributed by atoms with Crippen LogP contribution in [0.5, 0.6) is 0 Å². The van der Waals surface area contributed by atoms with Crippen LogP contribution in [0.25, 0.3) is 0 Å². The summed E-state index contributed by atoms with van der Waals surface area (Å²) in [5.74, 6) is 0. The van der Waals surface area contributed by atoms with Crippen LogP contribution in [0, 0.1) is 6.58 Å². The zero-order valence-electron chi connectivity index (χ0n) is 3.15. The molecular formula is C4H8N+. The summed E-state index contributed by atoms with van der Waals surface area (Å²) in [6, 6.07) is 0. The van der Waals surface area contributed by atoms with Crippen LogP contribution in [-0.4, -0.2) is 6.54 Å². The summed E-state index contributed by atoms with van der Waals surface area (Å²) in [6.45, 7) is 5.60. The lowest BCUT2D eigenvalue weighted by atomic mass is 10.4. The van der Waals surface area contributed by atoms with Crippen LogP contribution in [0.3, 0.4) is 0 Å². The quantitative estimate of drug-likeness (QED) is 0.465. The van der Waals surface area contributed by atoms with E-state index in [0.29, 0.717) is 6.54 Å². The Hall–Kier alpha value is -0.390. The van der Waals surface area contributed by atoms with Gasteiger partial charge in [0.25, 0.3) is 0 Å². The van der Waals surface area contributed by atoms with Gasteiger partial charge in [0.1, 0.15) is 0 Å². The Morgan fingerprint density at radius 2 is 2.40 bits per heavy atom. The minimum absolute atomic E-state index is 0.663. The molecule has 0 atom stereocenters. The summed E-state index contributed by atoms with van der Waals surface area (Å²) in [7, 11) is 0. The van der Waals surface area contributed by atoms with E-state index in [1.807, 2.05) is 0 Å². The van der Waals surface area contributed by atoms with E-state index < -0.39 is 0 Å². The molecule has 0 aliphatic heterocycles. The van der Waals surface area contributed by atoms with Gasteiger partial charge in [0.2, 0.25) is 6.58 Å². The molecule has 5 heavy (non-hydrogen) atoms. The first-order chi connectivity index (χ1) is 2.41. The Morgan fingerprint density at radius 3 is 2.40 bits per heavy atom. The first-order valence-corrected chi connectivity index (χ1v) is 1.65. The van der Waals surface area contributed by atoms with Crippen molar-refractivity contribution in [2.75, 3.05) is 6.54 Å². The fourth-order valence-electron chi connectivity index (χ4n) is 0.0962. The topological polar surface area (TPSA) is 26.0 Å². The molecule has 28 valence electrons. The van der Waals surface area contributed by atoms with Crippen molar-refractivity contribution < 1.29 is 0 Å². The molecule has 0 heterocycles. The molecule has 0 aromatic heterocycles. The van der Waals surface area contributed by atoms with Crippen molar-refractivity contribution in [1.82, 2.24) is 0 Å². The molecular weight excluding hydrogens is 62.1 g/mol.